The van der Waals surface area contributed by atoms with Gasteiger partial charge in [0.2, 0.25) is 5.89 Å². The van der Waals surface area contributed by atoms with Gasteiger partial charge < -0.3 is 9.63 Å². The van der Waals surface area contributed by atoms with Crippen molar-refractivity contribution in [2.75, 3.05) is 13.6 Å². The molecule has 1 heterocycles. The number of hydrogen-bond acceptors (Lipinski definition) is 5. The normalized spacial score (nSPS) is 24.0. The van der Waals surface area contributed by atoms with E-state index < -0.39 is 0 Å². The molecule has 1 N–H and O–H groups in total. The molecule has 1 aliphatic rings. The van der Waals surface area contributed by atoms with Crippen molar-refractivity contribution >= 4 is 0 Å². The van der Waals surface area contributed by atoms with Crippen molar-refractivity contribution in [3.05, 3.63) is 11.7 Å². The third-order valence-corrected chi connectivity index (χ3v) is 3.17. The summed E-state index contributed by atoms with van der Waals surface area (Å²) in [5.41, 5.74) is 0. The molecule has 96 valence electrons. The van der Waals surface area contributed by atoms with E-state index in [-0.39, 0.29) is 6.10 Å². The van der Waals surface area contributed by atoms with Crippen molar-refractivity contribution in [1.82, 2.24) is 15.0 Å². The van der Waals surface area contributed by atoms with Crippen LogP contribution in [0, 0.1) is 5.92 Å². The minimum absolute atomic E-state index is 0.0743. The van der Waals surface area contributed by atoms with E-state index in [1.807, 2.05) is 0 Å². The zero-order valence-corrected chi connectivity index (χ0v) is 10.6. The molecular formula is C12H21N3O2. The number of aliphatic hydroxyl groups is 1. The SMILES string of the molecule is CCCc1nc(CN(C)CC2CC(O)C2)no1. The van der Waals surface area contributed by atoms with Gasteiger partial charge in [0, 0.05) is 13.0 Å². The molecule has 0 unspecified atom stereocenters. The molecule has 1 aromatic rings. The van der Waals surface area contributed by atoms with Crippen LogP contribution in [0.1, 0.15) is 37.9 Å². The maximum absolute atomic E-state index is 9.23. The molecule has 5 heteroatoms. The Labute approximate surface area is 102 Å². The Balaban J connectivity index is 1.75. The van der Waals surface area contributed by atoms with Crippen LogP contribution < -0.4 is 0 Å². The second kappa shape index (κ2) is 5.60. The largest absolute Gasteiger partial charge is 0.393 e. The maximum atomic E-state index is 9.23. The Kier molecular flexibility index (Phi) is 4.12. The van der Waals surface area contributed by atoms with Gasteiger partial charge in [-0.25, -0.2) is 0 Å². The van der Waals surface area contributed by atoms with Gasteiger partial charge in [-0.2, -0.15) is 4.98 Å². The van der Waals surface area contributed by atoms with Gasteiger partial charge in [0.15, 0.2) is 5.82 Å². The number of aromatic nitrogens is 2. The number of nitrogens with zero attached hydrogens (tertiary/aromatic N) is 3. The first kappa shape index (κ1) is 12.5. The van der Waals surface area contributed by atoms with Gasteiger partial charge in [-0.1, -0.05) is 12.1 Å². The van der Waals surface area contributed by atoms with Crippen LogP contribution in [-0.2, 0) is 13.0 Å². The fraction of sp³-hybridized carbons (Fsp3) is 0.833. The fourth-order valence-electron chi connectivity index (χ4n) is 2.27. The molecule has 5 nitrogen and oxygen atoms in total. The fourth-order valence-corrected chi connectivity index (χ4v) is 2.27. The first-order valence-electron chi connectivity index (χ1n) is 6.35. The van der Waals surface area contributed by atoms with Gasteiger partial charge in [0.25, 0.3) is 0 Å². The van der Waals surface area contributed by atoms with Crippen molar-refractivity contribution < 1.29 is 9.63 Å². The Morgan fingerprint density at radius 1 is 1.47 bits per heavy atom. The molecular weight excluding hydrogens is 218 g/mol. The van der Waals surface area contributed by atoms with E-state index in [4.69, 9.17) is 4.52 Å². The van der Waals surface area contributed by atoms with Crippen LogP contribution in [0.25, 0.3) is 0 Å². The van der Waals surface area contributed by atoms with Gasteiger partial charge in [-0.05, 0) is 32.2 Å². The molecule has 0 spiro atoms. The predicted molar refractivity (Wildman–Crippen MR) is 63.4 cm³/mol. The molecule has 0 atom stereocenters. The van der Waals surface area contributed by atoms with E-state index in [1.54, 1.807) is 0 Å². The first-order chi connectivity index (χ1) is 8.17. The lowest BCUT2D eigenvalue weighted by molar-refractivity contribution is 0.0270. The lowest BCUT2D eigenvalue weighted by Gasteiger charge is -2.34. The molecule has 1 aliphatic carbocycles. The molecule has 0 aliphatic heterocycles. The minimum Gasteiger partial charge on any atom is -0.393 e. The molecule has 1 aromatic heterocycles. The number of aryl methyl sites for hydroxylation is 1. The van der Waals surface area contributed by atoms with Gasteiger partial charge in [-0.3, -0.25) is 4.90 Å². The van der Waals surface area contributed by atoms with E-state index >= 15 is 0 Å². The highest BCUT2D eigenvalue weighted by atomic mass is 16.5. The number of rotatable bonds is 6. The molecule has 1 saturated carbocycles. The second-order valence-electron chi connectivity index (χ2n) is 5.04. The van der Waals surface area contributed by atoms with E-state index in [0.29, 0.717) is 5.92 Å². The Hall–Kier alpha value is -0.940. The molecule has 1 fully saturated rings. The smallest absolute Gasteiger partial charge is 0.226 e. The topological polar surface area (TPSA) is 62.4 Å². The standard InChI is InChI=1S/C12H21N3O2/c1-3-4-12-13-11(14-17-12)8-15(2)7-9-5-10(16)6-9/h9-10,16H,3-8H2,1-2H3. The van der Waals surface area contributed by atoms with E-state index in [2.05, 4.69) is 29.0 Å². The summed E-state index contributed by atoms with van der Waals surface area (Å²) in [6.07, 6.45) is 3.66. The van der Waals surface area contributed by atoms with E-state index in [1.165, 1.54) is 0 Å². The van der Waals surface area contributed by atoms with E-state index in [0.717, 1.165) is 50.5 Å². The predicted octanol–water partition coefficient (Wildman–Crippen LogP) is 1.22. The van der Waals surface area contributed by atoms with Gasteiger partial charge in [0.05, 0.1) is 12.6 Å². The second-order valence-corrected chi connectivity index (χ2v) is 5.04. The van der Waals surface area contributed by atoms with E-state index in [9.17, 15) is 5.11 Å². The van der Waals surface area contributed by atoms with Crippen LogP contribution in [0.3, 0.4) is 0 Å². The quantitative estimate of drug-likeness (QED) is 0.809. The molecule has 0 bridgehead atoms. The zero-order valence-electron chi connectivity index (χ0n) is 10.6. The molecule has 2 rings (SSSR count). The highest BCUT2D eigenvalue weighted by Crippen LogP contribution is 2.27. The van der Waals surface area contributed by atoms with Crippen molar-refractivity contribution in [3.63, 3.8) is 0 Å². The summed E-state index contributed by atoms with van der Waals surface area (Å²) in [5.74, 6) is 2.11. The molecule has 17 heavy (non-hydrogen) atoms. The van der Waals surface area contributed by atoms with Crippen LogP contribution in [0.5, 0.6) is 0 Å². The monoisotopic (exact) mass is 239 g/mol. The van der Waals surface area contributed by atoms with Gasteiger partial charge in [-0.15, -0.1) is 0 Å². The summed E-state index contributed by atoms with van der Waals surface area (Å²) in [5, 5.41) is 13.2. The average Bonchev–Trinajstić information content (AvgIpc) is 2.64. The van der Waals surface area contributed by atoms with Crippen molar-refractivity contribution in [2.24, 2.45) is 5.92 Å². The first-order valence-corrected chi connectivity index (χ1v) is 6.35. The Morgan fingerprint density at radius 2 is 2.24 bits per heavy atom. The van der Waals surface area contributed by atoms with Gasteiger partial charge >= 0.3 is 0 Å². The van der Waals surface area contributed by atoms with Crippen LogP contribution in [0.2, 0.25) is 0 Å². The van der Waals surface area contributed by atoms with Crippen LogP contribution in [0.15, 0.2) is 4.52 Å². The highest BCUT2D eigenvalue weighted by molar-refractivity contribution is 4.87. The number of aliphatic hydroxyl groups excluding tert-OH is 1. The summed E-state index contributed by atoms with van der Waals surface area (Å²) >= 11 is 0. The van der Waals surface area contributed by atoms with Crippen molar-refractivity contribution in [3.8, 4) is 0 Å². The summed E-state index contributed by atoms with van der Waals surface area (Å²) in [6, 6.07) is 0. The Morgan fingerprint density at radius 3 is 2.88 bits per heavy atom. The third-order valence-electron chi connectivity index (χ3n) is 3.17. The zero-order chi connectivity index (χ0) is 12.3. The van der Waals surface area contributed by atoms with Crippen molar-refractivity contribution in [1.29, 1.82) is 0 Å². The Bertz CT molecular complexity index is 347. The summed E-state index contributed by atoms with van der Waals surface area (Å²) < 4.78 is 5.14. The van der Waals surface area contributed by atoms with Crippen LogP contribution >= 0.6 is 0 Å². The minimum atomic E-state index is -0.0743. The van der Waals surface area contributed by atoms with Crippen LogP contribution in [-0.4, -0.2) is 39.8 Å². The number of hydrogen-bond donors (Lipinski definition) is 1. The molecule has 0 radical (unpaired) electrons. The lowest BCUT2D eigenvalue weighted by Crippen LogP contribution is -2.36. The summed E-state index contributed by atoms with van der Waals surface area (Å²) in [7, 11) is 2.06. The highest BCUT2D eigenvalue weighted by Gasteiger charge is 2.28. The third kappa shape index (κ3) is 3.51. The molecule has 0 saturated heterocycles. The maximum Gasteiger partial charge on any atom is 0.226 e. The molecule has 0 aromatic carbocycles. The van der Waals surface area contributed by atoms with Crippen molar-refractivity contribution in [2.45, 2.75) is 45.3 Å². The lowest BCUT2D eigenvalue weighted by atomic mass is 9.82. The van der Waals surface area contributed by atoms with Crippen LogP contribution in [0.4, 0.5) is 0 Å². The van der Waals surface area contributed by atoms with Gasteiger partial charge in [0.1, 0.15) is 0 Å². The summed E-state index contributed by atoms with van der Waals surface area (Å²) in [6.45, 7) is 3.81. The average molecular weight is 239 g/mol. The summed E-state index contributed by atoms with van der Waals surface area (Å²) in [4.78, 5) is 6.53. The molecule has 0 amide bonds.